The van der Waals surface area contributed by atoms with Crippen molar-refractivity contribution in [2.45, 2.75) is 44.6 Å². The monoisotopic (exact) mass is 385 g/mol. The Bertz CT molecular complexity index is 701. The van der Waals surface area contributed by atoms with Gasteiger partial charge in [-0.1, -0.05) is 6.07 Å². The number of pyridine rings is 1. The van der Waals surface area contributed by atoms with E-state index in [9.17, 15) is 9.59 Å². The third-order valence-electron chi connectivity index (χ3n) is 6.45. The van der Waals surface area contributed by atoms with Crippen LogP contribution in [0.3, 0.4) is 0 Å². The number of piperazine rings is 1. The summed E-state index contributed by atoms with van der Waals surface area (Å²) in [6, 6.07) is 4.53. The van der Waals surface area contributed by atoms with E-state index in [2.05, 4.69) is 32.3 Å². The second kappa shape index (κ2) is 8.57. The molecular weight excluding hydrogens is 354 g/mol. The largest absolute Gasteiger partial charge is 0.354 e. The molecule has 0 aliphatic carbocycles. The number of carbonyl (C=O) groups excluding carboxylic acids is 2. The summed E-state index contributed by atoms with van der Waals surface area (Å²) in [5.74, 6) is 1.15. The van der Waals surface area contributed by atoms with Crippen molar-refractivity contribution in [1.82, 2.24) is 20.5 Å². The summed E-state index contributed by atoms with van der Waals surface area (Å²) < 4.78 is 0. The third-order valence-corrected chi connectivity index (χ3v) is 6.45. The van der Waals surface area contributed by atoms with E-state index in [1.165, 1.54) is 19.4 Å². The van der Waals surface area contributed by atoms with Crippen molar-refractivity contribution in [3.8, 4) is 0 Å². The van der Waals surface area contributed by atoms with Gasteiger partial charge in [-0.2, -0.15) is 0 Å². The first-order valence-corrected chi connectivity index (χ1v) is 10.6. The van der Waals surface area contributed by atoms with Gasteiger partial charge in [0.25, 0.3) is 0 Å². The molecule has 0 aromatic carbocycles. The van der Waals surface area contributed by atoms with Crippen molar-refractivity contribution < 1.29 is 9.59 Å². The Morgan fingerprint density at radius 2 is 1.96 bits per heavy atom. The normalized spacial score (nSPS) is 27.7. The van der Waals surface area contributed by atoms with Gasteiger partial charge in [0.1, 0.15) is 5.82 Å². The molecule has 4 heterocycles. The zero-order valence-corrected chi connectivity index (χ0v) is 16.7. The number of carbonyl (C=O) groups is 2. The molecule has 1 aromatic heterocycles. The standard InChI is InChI=1S/C21H31N5O2/c1-15-13-26(11-10-25(15)14-16-6-8-22-9-7-16)19-4-2-17(12-23-19)18-3-5-20(27)24-21(18)28/h2,4,12,15-16,18,22H,3,5-11,13-14H2,1H3,(H,24,27,28)/t15-,18?/m1/s1. The number of imide groups is 1. The molecule has 2 N–H and O–H groups in total. The van der Waals surface area contributed by atoms with Crippen LogP contribution < -0.4 is 15.5 Å². The summed E-state index contributed by atoms with van der Waals surface area (Å²) in [5, 5.41) is 5.87. The number of nitrogens with one attached hydrogen (secondary N) is 2. The van der Waals surface area contributed by atoms with E-state index in [1.54, 1.807) is 6.20 Å². The number of hydrogen-bond acceptors (Lipinski definition) is 6. The lowest BCUT2D eigenvalue weighted by atomic mass is 9.92. The molecule has 0 saturated carbocycles. The van der Waals surface area contributed by atoms with Gasteiger partial charge in [0.15, 0.2) is 0 Å². The van der Waals surface area contributed by atoms with Gasteiger partial charge in [-0.15, -0.1) is 0 Å². The van der Waals surface area contributed by atoms with Crippen LogP contribution >= 0.6 is 0 Å². The zero-order chi connectivity index (χ0) is 19.5. The van der Waals surface area contributed by atoms with Gasteiger partial charge in [0, 0.05) is 44.8 Å². The fourth-order valence-corrected chi connectivity index (χ4v) is 4.67. The maximum atomic E-state index is 12.1. The Morgan fingerprint density at radius 1 is 1.14 bits per heavy atom. The summed E-state index contributed by atoms with van der Waals surface area (Å²) >= 11 is 0. The number of anilines is 1. The van der Waals surface area contributed by atoms with Crippen LogP contribution in [-0.2, 0) is 9.59 Å². The molecule has 7 nitrogen and oxygen atoms in total. The second-order valence-corrected chi connectivity index (χ2v) is 8.44. The molecule has 3 fully saturated rings. The predicted molar refractivity (Wildman–Crippen MR) is 108 cm³/mol. The second-order valence-electron chi connectivity index (χ2n) is 8.44. The van der Waals surface area contributed by atoms with E-state index in [-0.39, 0.29) is 17.7 Å². The van der Waals surface area contributed by atoms with Crippen molar-refractivity contribution in [2.75, 3.05) is 44.2 Å². The summed E-state index contributed by atoms with van der Waals surface area (Å²) in [5.41, 5.74) is 0.895. The van der Waals surface area contributed by atoms with Crippen LogP contribution in [0.5, 0.6) is 0 Å². The van der Waals surface area contributed by atoms with Crippen LogP contribution in [0, 0.1) is 5.92 Å². The number of rotatable bonds is 4. The topological polar surface area (TPSA) is 77.6 Å². The van der Waals surface area contributed by atoms with Crippen molar-refractivity contribution in [2.24, 2.45) is 5.92 Å². The van der Waals surface area contributed by atoms with Gasteiger partial charge in [-0.25, -0.2) is 4.98 Å². The predicted octanol–water partition coefficient (Wildman–Crippen LogP) is 1.11. The number of piperidine rings is 2. The first-order valence-electron chi connectivity index (χ1n) is 10.6. The van der Waals surface area contributed by atoms with E-state index < -0.39 is 0 Å². The van der Waals surface area contributed by atoms with E-state index in [0.29, 0.717) is 18.9 Å². The number of nitrogens with zero attached hydrogens (tertiary/aromatic N) is 3. The van der Waals surface area contributed by atoms with Crippen LogP contribution in [0.15, 0.2) is 18.3 Å². The highest BCUT2D eigenvalue weighted by atomic mass is 16.2. The minimum absolute atomic E-state index is 0.179. The molecule has 0 bridgehead atoms. The number of aromatic nitrogens is 1. The highest BCUT2D eigenvalue weighted by molar-refractivity contribution is 6.00. The van der Waals surface area contributed by atoms with Crippen molar-refractivity contribution >= 4 is 17.6 Å². The highest BCUT2D eigenvalue weighted by Crippen LogP contribution is 2.26. The molecule has 4 rings (SSSR count). The fraction of sp³-hybridized carbons (Fsp3) is 0.667. The SMILES string of the molecule is C[C@@H]1CN(c2ccc(C3CCC(=O)NC3=O)cn2)CCN1CC1CCNCC1. The molecule has 0 spiro atoms. The third kappa shape index (κ3) is 4.36. The minimum atomic E-state index is -0.264. The zero-order valence-electron chi connectivity index (χ0n) is 16.7. The number of amides is 2. The average molecular weight is 386 g/mol. The first kappa shape index (κ1) is 19.3. The van der Waals surface area contributed by atoms with Crippen LogP contribution in [0.2, 0.25) is 0 Å². The first-order chi connectivity index (χ1) is 13.6. The molecule has 2 amide bonds. The maximum Gasteiger partial charge on any atom is 0.234 e. The molecule has 0 radical (unpaired) electrons. The highest BCUT2D eigenvalue weighted by Gasteiger charge is 2.29. The molecule has 1 unspecified atom stereocenters. The van der Waals surface area contributed by atoms with Crippen LogP contribution in [0.4, 0.5) is 5.82 Å². The molecule has 152 valence electrons. The van der Waals surface area contributed by atoms with Gasteiger partial charge in [0.2, 0.25) is 11.8 Å². The Hall–Kier alpha value is -1.99. The van der Waals surface area contributed by atoms with E-state index in [4.69, 9.17) is 0 Å². The molecule has 7 heteroatoms. The minimum Gasteiger partial charge on any atom is -0.354 e. The Labute approximate surface area is 166 Å². The molecule has 28 heavy (non-hydrogen) atoms. The van der Waals surface area contributed by atoms with Gasteiger partial charge in [0.05, 0.1) is 5.92 Å². The van der Waals surface area contributed by atoms with E-state index in [1.807, 2.05) is 12.1 Å². The van der Waals surface area contributed by atoms with Crippen molar-refractivity contribution in [3.63, 3.8) is 0 Å². The molecule has 3 aliphatic rings. The molecule has 3 saturated heterocycles. The Balaban J connectivity index is 1.34. The van der Waals surface area contributed by atoms with Crippen LogP contribution in [0.1, 0.15) is 44.1 Å². The van der Waals surface area contributed by atoms with Crippen molar-refractivity contribution in [3.05, 3.63) is 23.9 Å². The summed E-state index contributed by atoms with van der Waals surface area (Å²) in [4.78, 5) is 33.0. The fourth-order valence-electron chi connectivity index (χ4n) is 4.67. The molecule has 1 aromatic rings. The Morgan fingerprint density at radius 3 is 2.64 bits per heavy atom. The molecule has 2 atom stereocenters. The summed E-state index contributed by atoms with van der Waals surface area (Å²) in [6.45, 7) is 8.87. The lowest BCUT2D eigenvalue weighted by molar-refractivity contribution is -0.134. The smallest absolute Gasteiger partial charge is 0.234 e. The lowest BCUT2D eigenvalue weighted by Crippen LogP contribution is -2.53. The van der Waals surface area contributed by atoms with Gasteiger partial charge < -0.3 is 10.2 Å². The van der Waals surface area contributed by atoms with E-state index in [0.717, 1.165) is 50.0 Å². The summed E-state index contributed by atoms with van der Waals surface area (Å²) in [7, 11) is 0. The summed E-state index contributed by atoms with van der Waals surface area (Å²) in [6.07, 6.45) is 5.35. The van der Waals surface area contributed by atoms with Gasteiger partial charge >= 0.3 is 0 Å². The maximum absolute atomic E-state index is 12.1. The Kier molecular flexibility index (Phi) is 5.92. The quantitative estimate of drug-likeness (QED) is 0.756. The van der Waals surface area contributed by atoms with Crippen LogP contribution in [0.25, 0.3) is 0 Å². The van der Waals surface area contributed by atoms with Crippen molar-refractivity contribution in [1.29, 1.82) is 0 Å². The average Bonchev–Trinajstić information content (AvgIpc) is 2.71. The lowest BCUT2D eigenvalue weighted by Gasteiger charge is -2.42. The van der Waals surface area contributed by atoms with Gasteiger partial charge in [-0.3, -0.25) is 19.8 Å². The van der Waals surface area contributed by atoms with Crippen LogP contribution in [-0.4, -0.2) is 67.0 Å². The number of hydrogen-bond donors (Lipinski definition) is 2. The van der Waals surface area contributed by atoms with E-state index >= 15 is 0 Å². The molecular formula is C21H31N5O2. The van der Waals surface area contributed by atoms with Gasteiger partial charge in [-0.05, 0) is 56.8 Å². The molecule has 3 aliphatic heterocycles.